The molecule has 0 aromatic heterocycles. The van der Waals surface area contributed by atoms with Gasteiger partial charge in [0.15, 0.2) is 0 Å². The summed E-state index contributed by atoms with van der Waals surface area (Å²) in [5.74, 6) is -2.02. The first-order chi connectivity index (χ1) is 18.8. The molecule has 7 nitrogen and oxygen atoms in total. The van der Waals surface area contributed by atoms with Crippen LogP contribution in [0.5, 0.6) is 0 Å². The lowest BCUT2D eigenvalue weighted by Gasteiger charge is -2.17. The van der Waals surface area contributed by atoms with Crippen LogP contribution in [-0.2, 0) is 20.7 Å². The van der Waals surface area contributed by atoms with Crippen molar-refractivity contribution in [2.75, 3.05) is 6.61 Å². The van der Waals surface area contributed by atoms with Gasteiger partial charge in [0.1, 0.15) is 12.6 Å². The minimum Gasteiger partial charge on any atom is -0.481 e. The summed E-state index contributed by atoms with van der Waals surface area (Å²) in [4.78, 5) is 33.4. The number of hydrogen-bond donors (Lipinski definition) is 3. The number of benzene rings is 4. The van der Waals surface area contributed by atoms with Gasteiger partial charge >= 0.3 is 12.1 Å². The van der Waals surface area contributed by atoms with Crippen LogP contribution in [0.15, 0.2) is 103 Å². The molecule has 4 aromatic carbocycles. The Morgan fingerprint density at radius 1 is 0.744 bits per heavy atom. The molecule has 198 valence electrons. The number of fused-ring (bicyclic) bond motifs is 3. The molecule has 39 heavy (non-hydrogen) atoms. The van der Waals surface area contributed by atoms with Gasteiger partial charge in [-0.05, 0) is 38.9 Å². The first kappa shape index (κ1) is 27.1. The fourth-order valence-corrected chi connectivity index (χ4v) is 4.68. The van der Waals surface area contributed by atoms with Gasteiger partial charge in [-0.3, -0.25) is 4.79 Å². The lowest BCUT2D eigenvalue weighted by atomic mass is 9.98. The van der Waals surface area contributed by atoms with Crippen molar-refractivity contribution in [3.05, 3.63) is 120 Å². The zero-order valence-corrected chi connectivity index (χ0v) is 21.4. The second-order valence-electron chi connectivity index (χ2n) is 9.15. The minimum absolute atomic E-state index is 0.0815. The Labute approximate surface area is 226 Å². The molecule has 0 spiro atoms. The first-order valence-electron chi connectivity index (χ1n) is 12.5. The highest BCUT2D eigenvalue weighted by Gasteiger charge is 2.29. The van der Waals surface area contributed by atoms with E-state index >= 15 is 0 Å². The maximum absolute atomic E-state index is 12.6. The van der Waals surface area contributed by atoms with Crippen LogP contribution in [0.4, 0.5) is 4.79 Å². The van der Waals surface area contributed by atoms with E-state index < -0.39 is 24.1 Å². The molecule has 0 fully saturated rings. The van der Waals surface area contributed by atoms with Gasteiger partial charge in [-0.2, -0.15) is 0 Å². The number of carbonyl (C=O) groups is 3. The van der Waals surface area contributed by atoms with Gasteiger partial charge in [-0.15, -0.1) is 0 Å². The van der Waals surface area contributed by atoms with E-state index in [1.807, 2.05) is 91.0 Å². The number of ether oxygens (including phenoxy) is 1. The normalized spacial score (nSPS) is 12.2. The summed E-state index contributed by atoms with van der Waals surface area (Å²) in [5, 5.41) is 19.6. The van der Waals surface area contributed by atoms with Crippen LogP contribution in [0.3, 0.4) is 0 Å². The number of carbonyl (C=O) groups excluding carboxylic acids is 1. The Balaban J connectivity index is 0.000000826. The van der Waals surface area contributed by atoms with Crippen molar-refractivity contribution in [1.29, 1.82) is 0 Å². The Kier molecular flexibility index (Phi) is 8.74. The highest BCUT2D eigenvalue weighted by molar-refractivity contribution is 5.81. The van der Waals surface area contributed by atoms with Crippen molar-refractivity contribution >= 4 is 18.0 Å². The van der Waals surface area contributed by atoms with Gasteiger partial charge in [-0.25, -0.2) is 9.59 Å². The molecule has 3 N–H and O–H groups in total. The Hall–Kier alpha value is -4.91. The predicted octanol–water partition coefficient (Wildman–Crippen LogP) is 5.98. The van der Waals surface area contributed by atoms with E-state index in [9.17, 15) is 14.7 Å². The lowest BCUT2D eigenvalue weighted by molar-refractivity contribution is -0.139. The van der Waals surface area contributed by atoms with E-state index in [1.54, 1.807) is 0 Å². The van der Waals surface area contributed by atoms with E-state index in [0.29, 0.717) is 0 Å². The second kappa shape index (κ2) is 12.6. The second-order valence-corrected chi connectivity index (χ2v) is 9.15. The van der Waals surface area contributed by atoms with Gasteiger partial charge in [0.25, 0.3) is 5.97 Å². The SMILES string of the molecule is CC(=O)O.O=C(NC(Cc1ccc(-c2ccccc2)cc1)C(=O)O)OCC1c2ccccc2-c2ccccc21. The molecule has 1 aliphatic rings. The zero-order valence-electron chi connectivity index (χ0n) is 21.4. The molecule has 1 unspecified atom stereocenters. The van der Waals surface area contributed by atoms with Crippen molar-refractivity contribution in [3.63, 3.8) is 0 Å². The van der Waals surface area contributed by atoms with E-state index in [1.165, 1.54) is 0 Å². The quantitative estimate of drug-likeness (QED) is 0.275. The number of carboxylic acid groups (broad SMARTS) is 2. The molecule has 0 radical (unpaired) electrons. The summed E-state index contributed by atoms with van der Waals surface area (Å²) in [7, 11) is 0. The third kappa shape index (κ3) is 6.90. The number of nitrogens with one attached hydrogen (secondary N) is 1. The Morgan fingerprint density at radius 2 is 1.23 bits per heavy atom. The smallest absolute Gasteiger partial charge is 0.407 e. The lowest BCUT2D eigenvalue weighted by Crippen LogP contribution is -2.42. The standard InChI is InChI=1S/C30H25NO4.C2H4O2/c32-29(33)28(18-20-14-16-22(17-15-20)21-8-2-1-3-9-21)31-30(34)35-19-27-25-12-6-4-10-23(25)24-11-5-7-13-26(24)27;1-2(3)4/h1-17,27-28H,18-19H2,(H,31,34)(H,32,33);1H3,(H,3,4). The average molecular weight is 524 g/mol. The molecule has 0 bridgehead atoms. The Morgan fingerprint density at radius 3 is 1.77 bits per heavy atom. The minimum atomic E-state index is -1.11. The van der Waals surface area contributed by atoms with Crippen molar-refractivity contribution in [2.45, 2.75) is 25.3 Å². The predicted molar refractivity (Wildman–Crippen MR) is 149 cm³/mol. The van der Waals surface area contributed by atoms with Crippen LogP contribution in [0.25, 0.3) is 22.3 Å². The van der Waals surface area contributed by atoms with E-state index in [0.717, 1.165) is 45.9 Å². The zero-order chi connectivity index (χ0) is 27.8. The van der Waals surface area contributed by atoms with Crippen LogP contribution in [0.1, 0.15) is 29.5 Å². The van der Waals surface area contributed by atoms with Gasteiger partial charge in [-0.1, -0.05) is 103 Å². The van der Waals surface area contributed by atoms with Gasteiger partial charge < -0.3 is 20.3 Å². The summed E-state index contributed by atoms with van der Waals surface area (Å²) < 4.78 is 5.52. The third-order valence-corrected chi connectivity index (χ3v) is 6.43. The summed E-state index contributed by atoms with van der Waals surface area (Å²) in [5.41, 5.74) is 7.44. The third-order valence-electron chi connectivity index (χ3n) is 6.43. The molecule has 0 aliphatic heterocycles. The van der Waals surface area contributed by atoms with E-state index in [-0.39, 0.29) is 18.9 Å². The van der Waals surface area contributed by atoms with Crippen LogP contribution >= 0.6 is 0 Å². The Bertz CT molecular complexity index is 1400. The molecule has 1 amide bonds. The van der Waals surface area contributed by atoms with Crippen molar-refractivity contribution < 1.29 is 29.3 Å². The van der Waals surface area contributed by atoms with Gasteiger partial charge in [0.05, 0.1) is 0 Å². The topological polar surface area (TPSA) is 113 Å². The molecule has 7 heteroatoms. The van der Waals surface area contributed by atoms with Crippen molar-refractivity contribution in [3.8, 4) is 22.3 Å². The summed E-state index contributed by atoms with van der Waals surface area (Å²) in [6.45, 7) is 1.22. The number of hydrogen-bond acceptors (Lipinski definition) is 4. The van der Waals surface area contributed by atoms with Gasteiger partial charge in [0.2, 0.25) is 0 Å². The number of rotatable bonds is 7. The van der Waals surface area contributed by atoms with E-state index in [4.69, 9.17) is 14.6 Å². The molecule has 1 atom stereocenters. The monoisotopic (exact) mass is 523 g/mol. The molecule has 0 saturated heterocycles. The molecule has 0 heterocycles. The first-order valence-corrected chi connectivity index (χ1v) is 12.5. The summed E-state index contributed by atoms with van der Waals surface area (Å²) in [6, 6.07) is 32.7. The van der Waals surface area contributed by atoms with Gasteiger partial charge in [0, 0.05) is 19.3 Å². The maximum atomic E-state index is 12.6. The largest absolute Gasteiger partial charge is 0.481 e. The van der Waals surface area contributed by atoms with Crippen LogP contribution in [-0.4, -0.2) is 40.9 Å². The van der Waals surface area contributed by atoms with Crippen LogP contribution < -0.4 is 5.32 Å². The highest BCUT2D eigenvalue weighted by atomic mass is 16.5. The maximum Gasteiger partial charge on any atom is 0.407 e. The van der Waals surface area contributed by atoms with Crippen LogP contribution in [0, 0.1) is 0 Å². The number of alkyl carbamates (subject to hydrolysis) is 1. The number of aliphatic carboxylic acids is 2. The summed E-state index contributed by atoms with van der Waals surface area (Å²) in [6.07, 6.45) is -0.575. The number of carboxylic acids is 2. The molecular formula is C32H29NO6. The van der Waals surface area contributed by atoms with Crippen molar-refractivity contribution in [2.24, 2.45) is 0 Å². The highest BCUT2D eigenvalue weighted by Crippen LogP contribution is 2.44. The van der Waals surface area contributed by atoms with E-state index in [2.05, 4.69) is 17.4 Å². The van der Waals surface area contributed by atoms with Crippen LogP contribution in [0.2, 0.25) is 0 Å². The molecule has 0 saturated carbocycles. The fraction of sp³-hybridized carbons (Fsp3) is 0.156. The van der Waals surface area contributed by atoms with Crippen molar-refractivity contribution in [1.82, 2.24) is 5.32 Å². The summed E-state index contributed by atoms with van der Waals surface area (Å²) >= 11 is 0. The molecule has 1 aliphatic carbocycles. The number of amides is 1. The fourth-order valence-electron chi connectivity index (χ4n) is 4.68. The molecule has 5 rings (SSSR count). The average Bonchev–Trinajstić information content (AvgIpc) is 3.26. The molecular weight excluding hydrogens is 494 g/mol. The molecule has 4 aromatic rings.